The number of allylic oxidation sites excluding steroid dienone is 1. The number of carbonyl (C=O) groups excluding carboxylic acids is 1. The topological polar surface area (TPSA) is 26.3 Å². The van der Waals surface area contributed by atoms with Crippen molar-refractivity contribution < 1.29 is 9.53 Å². The van der Waals surface area contributed by atoms with Crippen LogP contribution in [0, 0.1) is 36.0 Å². The molecular weight excluding hydrogens is 224 g/mol. The average Bonchev–Trinajstić information content (AvgIpc) is 2.41. The van der Waals surface area contributed by atoms with Crippen LogP contribution in [-0.4, -0.2) is 12.6 Å². The fraction of sp³-hybridized carbons (Fsp3) is 0.0625. The maximum Gasteiger partial charge on any atom is 0.332 e. The van der Waals surface area contributed by atoms with Gasteiger partial charge in [0.15, 0.2) is 6.61 Å². The zero-order valence-electron chi connectivity index (χ0n) is 9.64. The van der Waals surface area contributed by atoms with E-state index in [0.717, 1.165) is 11.6 Å². The molecule has 0 saturated carbocycles. The highest BCUT2D eigenvalue weighted by Crippen LogP contribution is 1.93. The first-order valence-corrected chi connectivity index (χ1v) is 5.16. The summed E-state index contributed by atoms with van der Waals surface area (Å²) in [5.74, 6) is 12.4. The summed E-state index contributed by atoms with van der Waals surface area (Å²) in [7, 11) is 0. The molecule has 0 atom stereocenters. The zero-order valence-corrected chi connectivity index (χ0v) is 9.64. The monoisotopic (exact) mass is 234 g/mol. The van der Waals surface area contributed by atoms with Gasteiger partial charge >= 0.3 is 5.97 Å². The normalized spacial score (nSPS) is 8.39. The summed E-state index contributed by atoms with van der Waals surface area (Å²) in [6, 6.07) is 9.49. The number of benzene rings is 1. The maximum absolute atomic E-state index is 10.9. The van der Waals surface area contributed by atoms with Crippen LogP contribution in [0.1, 0.15) is 5.56 Å². The first-order chi connectivity index (χ1) is 8.83. The second-order valence-corrected chi connectivity index (χ2v) is 3.03. The molecule has 2 nitrogen and oxygen atoms in total. The molecule has 1 aromatic rings. The molecule has 0 bridgehead atoms. The zero-order chi connectivity index (χ0) is 13.1. The number of rotatable bonds is 2. The molecule has 0 unspecified atom stereocenters. The Hall–Kier alpha value is -2.89. The van der Waals surface area contributed by atoms with Gasteiger partial charge in [0.05, 0.1) is 0 Å². The van der Waals surface area contributed by atoms with Gasteiger partial charge in [0.2, 0.25) is 0 Å². The molecule has 86 valence electrons. The fourth-order valence-electron chi connectivity index (χ4n) is 0.977. The van der Waals surface area contributed by atoms with E-state index in [-0.39, 0.29) is 6.61 Å². The van der Waals surface area contributed by atoms with Crippen molar-refractivity contribution in [3.8, 4) is 36.0 Å². The van der Waals surface area contributed by atoms with Gasteiger partial charge in [0, 0.05) is 11.6 Å². The predicted molar refractivity (Wildman–Crippen MR) is 70.0 cm³/mol. The quantitative estimate of drug-likeness (QED) is 0.443. The van der Waals surface area contributed by atoms with Gasteiger partial charge in [-0.2, -0.15) is 0 Å². The number of esters is 1. The van der Waals surface area contributed by atoms with Gasteiger partial charge in [-0.05, 0) is 36.0 Å². The molecule has 1 rings (SSSR count). The van der Waals surface area contributed by atoms with Crippen molar-refractivity contribution in [2.45, 2.75) is 0 Å². The summed E-state index contributed by atoms with van der Waals surface area (Å²) >= 11 is 0. The third-order valence-corrected chi connectivity index (χ3v) is 1.73. The van der Waals surface area contributed by atoms with Gasteiger partial charge in [0.25, 0.3) is 0 Å². The number of carbonyl (C=O) groups is 1. The molecular formula is C16H10O2. The molecule has 2 heteroatoms. The molecule has 0 aromatic heterocycles. The van der Waals surface area contributed by atoms with Crippen molar-refractivity contribution in [3.63, 3.8) is 0 Å². The number of hydrogen-bond acceptors (Lipinski definition) is 2. The molecule has 0 aliphatic rings. The van der Waals surface area contributed by atoms with E-state index in [4.69, 9.17) is 11.2 Å². The second-order valence-electron chi connectivity index (χ2n) is 3.03. The lowest BCUT2D eigenvalue weighted by atomic mass is 10.2. The summed E-state index contributed by atoms with van der Waals surface area (Å²) in [5, 5.41) is 0. The van der Waals surface area contributed by atoms with Crippen LogP contribution in [0.15, 0.2) is 42.5 Å². The van der Waals surface area contributed by atoms with Crippen LogP contribution in [0.5, 0.6) is 0 Å². The highest BCUT2D eigenvalue weighted by molar-refractivity contribution is 5.82. The van der Waals surface area contributed by atoms with E-state index in [9.17, 15) is 4.79 Å². The molecule has 0 aliphatic carbocycles. The lowest BCUT2D eigenvalue weighted by Gasteiger charge is -1.91. The van der Waals surface area contributed by atoms with Crippen LogP contribution in [0.4, 0.5) is 0 Å². The Morgan fingerprint density at radius 1 is 1.28 bits per heavy atom. The van der Waals surface area contributed by atoms with Crippen molar-refractivity contribution in [1.82, 2.24) is 0 Å². The highest BCUT2D eigenvalue weighted by Gasteiger charge is 1.91. The summed E-state index contributed by atoms with van der Waals surface area (Å²) in [6.45, 7) is -0.00276. The Kier molecular flexibility index (Phi) is 6.06. The summed E-state index contributed by atoms with van der Waals surface area (Å²) in [4.78, 5) is 10.9. The van der Waals surface area contributed by atoms with Crippen LogP contribution in [0.2, 0.25) is 0 Å². The van der Waals surface area contributed by atoms with E-state index in [0.29, 0.717) is 0 Å². The Bertz CT molecular complexity index is 581. The molecule has 0 fully saturated rings. The van der Waals surface area contributed by atoms with Crippen molar-refractivity contribution in [2.24, 2.45) is 0 Å². The molecule has 0 N–H and O–H groups in total. The van der Waals surface area contributed by atoms with Crippen LogP contribution >= 0.6 is 0 Å². The van der Waals surface area contributed by atoms with Gasteiger partial charge in [-0.15, -0.1) is 6.42 Å². The third kappa shape index (κ3) is 5.86. The molecule has 0 heterocycles. The molecule has 1 aromatic carbocycles. The minimum absolute atomic E-state index is 0.00276. The Morgan fingerprint density at radius 3 is 2.78 bits per heavy atom. The van der Waals surface area contributed by atoms with Crippen molar-refractivity contribution in [2.75, 3.05) is 6.61 Å². The van der Waals surface area contributed by atoms with Gasteiger partial charge in [-0.3, -0.25) is 0 Å². The number of terminal acetylenes is 1. The van der Waals surface area contributed by atoms with Gasteiger partial charge < -0.3 is 4.74 Å². The number of ether oxygens (including phenoxy) is 1. The van der Waals surface area contributed by atoms with E-state index in [1.54, 1.807) is 0 Å². The van der Waals surface area contributed by atoms with Crippen molar-refractivity contribution in [1.29, 1.82) is 0 Å². The minimum Gasteiger partial charge on any atom is -0.449 e. The summed E-state index contributed by atoms with van der Waals surface area (Å²) in [5.41, 5.74) is 0.890. The first-order valence-electron chi connectivity index (χ1n) is 5.16. The molecule has 18 heavy (non-hydrogen) atoms. The van der Waals surface area contributed by atoms with Crippen LogP contribution in [0.3, 0.4) is 0 Å². The third-order valence-electron chi connectivity index (χ3n) is 1.73. The lowest BCUT2D eigenvalue weighted by Crippen LogP contribution is -1.99. The smallest absolute Gasteiger partial charge is 0.332 e. The molecule has 0 amide bonds. The van der Waals surface area contributed by atoms with Crippen LogP contribution in [0.25, 0.3) is 0 Å². The van der Waals surface area contributed by atoms with Gasteiger partial charge in [-0.1, -0.05) is 30.0 Å². The molecule has 0 saturated heterocycles. The average molecular weight is 234 g/mol. The standard InChI is InChI=1S/C16H10O2/c1-2-3-13-16(17)18-14-9-5-8-12-15-10-6-4-7-11-15/h1,3-4,6-7,10-11,13H,14H2/b13-3-. The Morgan fingerprint density at radius 2 is 2.06 bits per heavy atom. The summed E-state index contributed by atoms with van der Waals surface area (Å²) in [6.07, 6.45) is 7.37. The predicted octanol–water partition coefficient (Wildman–Crippen LogP) is 1.77. The molecule has 0 aliphatic heterocycles. The number of hydrogen-bond donors (Lipinski definition) is 0. The Labute approximate surface area is 107 Å². The van der Waals surface area contributed by atoms with Gasteiger partial charge in [0.1, 0.15) is 0 Å². The van der Waals surface area contributed by atoms with Crippen LogP contribution in [-0.2, 0) is 9.53 Å². The van der Waals surface area contributed by atoms with Crippen molar-refractivity contribution >= 4 is 5.97 Å². The summed E-state index contributed by atoms with van der Waals surface area (Å²) < 4.78 is 4.73. The highest BCUT2D eigenvalue weighted by atomic mass is 16.5. The second kappa shape index (κ2) is 8.28. The Balaban J connectivity index is 2.36. The van der Waals surface area contributed by atoms with Crippen LogP contribution < -0.4 is 0 Å². The lowest BCUT2D eigenvalue weighted by molar-refractivity contribution is -0.136. The van der Waals surface area contributed by atoms with E-state index < -0.39 is 5.97 Å². The van der Waals surface area contributed by atoms with E-state index in [1.807, 2.05) is 30.3 Å². The molecule has 0 spiro atoms. The van der Waals surface area contributed by atoms with E-state index >= 15 is 0 Å². The molecule has 0 radical (unpaired) electrons. The van der Waals surface area contributed by atoms with E-state index in [1.165, 1.54) is 6.08 Å². The van der Waals surface area contributed by atoms with Gasteiger partial charge in [-0.25, -0.2) is 4.79 Å². The largest absolute Gasteiger partial charge is 0.449 e. The van der Waals surface area contributed by atoms with Crippen molar-refractivity contribution in [3.05, 3.63) is 48.0 Å². The first kappa shape index (κ1) is 13.2. The SMILES string of the molecule is C#C/C=C\C(=O)OCC#CC#Cc1ccccc1. The fourth-order valence-corrected chi connectivity index (χ4v) is 0.977. The maximum atomic E-state index is 10.9. The van der Waals surface area contributed by atoms with E-state index in [2.05, 4.69) is 29.6 Å². The minimum atomic E-state index is -0.515.